The lowest BCUT2D eigenvalue weighted by Gasteiger charge is -2.19. The van der Waals surface area contributed by atoms with Crippen molar-refractivity contribution in [2.45, 2.75) is 19.4 Å². The lowest BCUT2D eigenvalue weighted by Crippen LogP contribution is -2.24. The Morgan fingerprint density at radius 3 is 2.78 bits per heavy atom. The van der Waals surface area contributed by atoms with Gasteiger partial charge in [-0.3, -0.25) is 10.1 Å². The molecule has 0 aromatic heterocycles. The van der Waals surface area contributed by atoms with Crippen LogP contribution in [0.2, 0.25) is 0 Å². The Morgan fingerprint density at radius 1 is 1.56 bits per heavy atom. The third kappa shape index (κ3) is 4.19. The van der Waals surface area contributed by atoms with Crippen molar-refractivity contribution in [3.8, 4) is 0 Å². The molecule has 100 valence electrons. The van der Waals surface area contributed by atoms with Crippen LogP contribution in [-0.2, 0) is 0 Å². The van der Waals surface area contributed by atoms with Crippen molar-refractivity contribution in [3.05, 3.63) is 33.9 Å². The van der Waals surface area contributed by atoms with Gasteiger partial charge in [-0.05, 0) is 31.2 Å². The molecular formula is C12H18N2O3S. The van der Waals surface area contributed by atoms with Crippen LogP contribution in [0.3, 0.4) is 0 Å². The zero-order valence-electron chi connectivity index (χ0n) is 10.5. The van der Waals surface area contributed by atoms with E-state index in [-0.39, 0.29) is 18.3 Å². The van der Waals surface area contributed by atoms with Gasteiger partial charge in [0.2, 0.25) is 0 Å². The van der Waals surface area contributed by atoms with Crippen LogP contribution in [0.15, 0.2) is 18.2 Å². The monoisotopic (exact) mass is 270 g/mol. The number of rotatable bonds is 7. The topological polar surface area (TPSA) is 75.4 Å². The molecule has 0 amide bonds. The molecule has 0 heterocycles. The number of nitro benzene ring substituents is 1. The Balaban J connectivity index is 2.79. The minimum absolute atomic E-state index is 0.0987. The van der Waals surface area contributed by atoms with Gasteiger partial charge in [0, 0.05) is 36.2 Å². The van der Waals surface area contributed by atoms with Crippen molar-refractivity contribution in [1.29, 1.82) is 0 Å². The lowest BCUT2D eigenvalue weighted by molar-refractivity contribution is -0.384. The Morgan fingerprint density at radius 2 is 2.28 bits per heavy atom. The number of hydrogen-bond donors (Lipinski definition) is 2. The summed E-state index contributed by atoms with van der Waals surface area (Å²) in [6.07, 6.45) is 2.67. The number of hydrogen-bond acceptors (Lipinski definition) is 5. The minimum atomic E-state index is -0.399. The predicted octanol–water partition coefficient (Wildman–Crippen LogP) is 2.43. The van der Waals surface area contributed by atoms with Gasteiger partial charge in [-0.2, -0.15) is 11.8 Å². The second kappa shape index (κ2) is 7.23. The zero-order chi connectivity index (χ0) is 13.5. The van der Waals surface area contributed by atoms with Gasteiger partial charge >= 0.3 is 0 Å². The first-order valence-electron chi connectivity index (χ1n) is 5.70. The molecule has 0 radical (unpaired) electrons. The van der Waals surface area contributed by atoms with Crippen LogP contribution in [0, 0.1) is 17.0 Å². The number of non-ortho nitro benzene ring substituents is 1. The van der Waals surface area contributed by atoms with Gasteiger partial charge in [-0.25, -0.2) is 0 Å². The molecule has 0 fully saturated rings. The summed E-state index contributed by atoms with van der Waals surface area (Å²) in [6.45, 7) is 1.97. The molecule has 0 aliphatic rings. The molecule has 0 saturated heterocycles. The first-order chi connectivity index (χ1) is 8.58. The van der Waals surface area contributed by atoms with Gasteiger partial charge in [0.05, 0.1) is 4.92 Å². The molecule has 1 aromatic rings. The summed E-state index contributed by atoms with van der Waals surface area (Å²) in [5.41, 5.74) is 1.82. The molecule has 5 nitrogen and oxygen atoms in total. The van der Waals surface area contributed by atoms with E-state index in [2.05, 4.69) is 5.32 Å². The summed E-state index contributed by atoms with van der Waals surface area (Å²) in [5.74, 6) is 0.886. The highest BCUT2D eigenvalue weighted by atomic mass is 32.2. The van der Waals surface area contributed by atoms with Crippen molar-refractivity contribution in [2.24, 2.45) is 0 Å². The molecule has 6 heteroatoms. The summed E-state index contributed by atoms with van der Waals surface area (Å²) < 4.78 is 0. The molecule has 0 aliphatic carbocycles. The van der Waals surface area contributed by atoms with Crippen LogP contribution >= 0.6 is 11.8 Å². The molecular weight excluding hydrogens is 252 g/mol. The van der Waals surface area contributed by atoms with E-state index in [1.54, 1.807) is 23.9 Å². The fourth-order valence-corrected chi connectivity index (χ4v) is 2.35. The smallest absolute Gasteiger partial charge is 0.269 e. The van der Waals surface area contributed by atoms with Crippen LogP contribution in [0.4, 0.5) is 11.4 Å². The Kier molecular flexibility index (Phi) is 5.94. The first kappa shape index (κ1) is 14.8. The van der Waals surface area contributed by atoms with E-state index >= 15 is 0 Å². The van der Waals surface area contributed by atoms with Crippen molar-refractivity contribution in [2.75, 3.05) is 23.9 Å². The van der Waals surface area contributed by atoms with Crippen molar-refractivity contribution in [3.63, 3.8) is 0 Å². The summed E-state index contributed by atoms with van der Waals surface area (Å²) in [6, 6.07) is 4.94. The average Bonchev–Trinajstić information content (AvgIpc) is 2.32. The quantitative estimate of drug-likeness (QED) is 0.588. The van der Waals surface area contributed by atoms with Gasteiger partial charge < -0.3 is 10.4 Å². The Hall–Kier alpha value is -1.27. The van der Waals surface area contributed by atoms with Crippen LogP contribution in [0.5, 0.6) is 0 Å². The molecule has 1 aromatic carbocycles. The SMILES string of the molecule is CSCC(CCO)Nc1ccc([N+](=O)[O-])cc1C. The number of aryl methyl sites for hydroxylation is 1. The van der Waals surface area contributed by atoms with E-state index in [0.29, 0.717) is 6.42 Å². The fraction of sp³-hybridized carbons (Fsp3) is 0.500. The van der Waals surface area contributed by atoms with Crippen LogP contribution < -0.4 is 5.32 Å². The highest BCUT2D eigenvalue weighted by Gasteiger charge is 2.11. The van der Waals surface area contributed by atoms with Gasteiger partial charge in [-0.15, -0.1) is 0 Å². The molecule has 0 spiro atoms. The summed E-state index contributed by atoms with van der Waals surface area (Å²) in [7, 11) is 0. The third-order valence-electron chi connectivity index (χ3n) is 2.63. The number of anilines is 1. The van der Waals surface area contributed by atoms with Crippen LogP contribution in [-0.4, -0.2) is 34.7 Å². The number of aliphatic hydroxyl groups excluding tert-OH is 1. The van der Waals surface area contributed by atoms with E-state index in [1.165, 1.54) is 6.07 Å². The van der Waals surface area contributed by atoms with Gasteiger partial charge in [0.15, 0.2) is 0 Å². The standard InChI is InChI=1S/C12H18N2O3S/c1-9-7-11(14(16)17)3-4-12(9)13-10(5-6-15)8-18-2/h3-4,7,10,13,15H,5-6,8H2,1-2H3. The first-order valence-corrected chi connectivity index (χ1v) is 7.09. The largest absolute Gasteiger partial charge is 0.396 e. The van der Waals surface area contributed by atoms with E-state index in [9.17, 15) is 10.1 Å². The van der Waals surface area contributed by atoms with Crippen molar-refractivity contribution in [1.82, 2.24) is 0 Å². The number of nitrogens with one attached hydrogen (secondary N) is 1. The molecule has 2 N–H and O–H groups in total. The molecule has 1 rings (SSSR count). The van der Waals surface area contributed by atoms with Crippen molar-refractivity contribution < 1.29 is 10.0 Å². The number of benzene rings is 1. The summed E-state index contributed by atoms with van der Waals surface area (Å²) in [5, 5.41) is 22.9. The maximum absolute atomic E-state index is 10.6. The summed E-state index contributed by atoms with van der Waals surface area (Å²) in [4.78, 5) is 10.2. The highest BCUT2D eigenvalue weighted by Crippen LogP contribution is 2.22. The molecule has 0 bridgehead atoms. The maximum Gasteiger partial charge on any atom is 0.269 e. The minimum Gasteiger partial charge on any atom is -0.396 e. The normalized spacial score (nSPS) is 12.2. The molecule has 0 saturated carbocycles. The van der Waals surface area contributed by atoms with Gasteiger partial charge in [-0.1, -0.05) is 0 Å². The van der Waals surface area contributed by atoms with Gasteiger partial charge in [0.1, 0.15) is 0 Å². The van der Waals surface area contributed by atoms with E-state index in [0.717, 1.165) is 17.0 Å². The molecule has 18 heavy (non-hydrogen) atoms. The highest BCUT2D eigenvalue weighted by molar-refractivity contribution is 7.98. The number of nitro groups is 1. The third-order valence-corrected chi connectivity index (χ3v) is 3.36. The Labute approximate surface area is 111 Å². The Bertz CT molecular complexity index is 406. The lowest BCUT2D eigenvalue weighted by atomic mass is 10.1. The molecule has 0 aliphatic heterocycles. The fourth-order valence-electron chi connectivity index (χ4n) is 1.70. The predicted molar refractivity (Wildman–Crippen MR) is 75.3 cm³/mol. The summed E-state index contributed by atoms with van der Waals surface area (Å²) >= 11 is 1.70. The second-order valence-corrected chi connectivity index (χ2v) is 4.98. The van der Waals surface area contributed by atoms with Gasteiger partial charge in [0.25, 0.3) is 5.69 Å². The number of thioether (sulfide) groups is 1. The molecule has 1 atom stereocenters. The van der Waals surface area contributed by atoms with Crippen molar-refractivity contribution >= 4 is 23.1 Å². The zero-order valence-corrected chi connectivity index (χ0v) is 11.4. The van der Waals surface area contributed by atoms with E-state index in [4.69, 9.17) is 5.11 Å². The van der Waals surface area contributed by atoms with E-state index < -0.39 is 4.92 Å². The van der Waals surface area contributed by atoms with E-state index in [1.807, 2.05) is 13.2 Å². The van der Waals surface area contributed by atoms with Crippen LogP contribution in [0.1, 0.15) is 12.0 Å². The second-order valence-electron chi connectivity index (χ2n) is 4.07. The average molecular weight is 270 g/mol. The number of aliphatic hydroxyl groups is 1. The number of nitrogens with zero attached hydrogens (tertiary/aromatic N) is 1. The van der Waals surface area contributed by atoms with Crippen LogP contribution in [0.25, 0.3) is 0 Å². The molecule has 1 unspecified atom stereocenters. The maximum atomic E-state index is 10.6.